The van der Waals surface area contributed by atoms with Gasteiger partial charge < -0.3 is 0 Å². The van der Waals surface area contributed by atoms with Gasteiger partial charge in [-0.1, -0.05) is 70.5 Å². The van der Waals surface area contributed by atoms with E-state index in [1.807, 2.05) is 5.03 Å². The molecule has 2 heterocycles. The minimum Gasteiger partial charge on any atom is -0.0815 e. The minimum atomic E-state index is 0.0541. The van der Waals surface area contributed by atoms with Crippen LogP contribution in [-0.4, -0.2) is 9.67 Å². The van der Waals surface area contributed by atoms with Gasteiger partial charge in [0.05, 0.1) is 4.64 Å². The van der Waals surface area contributed by atoms with E-state index in [-0.39, 0.29) is 7.61 Å². The van der Waals surface area contributed by atoms with E-state index in [0.29, 0.717) is 20.9 Å². The second kappa shape index (κ2) is 4.73. The summed E-state index contributed by atoms with van der Waals surface area (Å²) >= 11 is 0. The number of rotatable bonds is 0. The second-order valence-corrected chi connectivity index (χ2v) is 17.3. The summed E-state index contributed by atoms with van der Waals surface area (Å²) in [4.78, 5) is 0. The van der Waals surface area contributed by atoms with Crippen LogP contribution in [0.4, 0.5) is 0 Å². The molecule has 0 spiro atoms. The first-order valence-corrected chi connectivity index (χ1v) is 11.7. The lowest BCUT2D eigenvalue weighted by atomic mass is 9.98. The highest BCUT2D eigenvalue weighted by atomic mass is 32.1. The van der Waals surface area contributed by atoms with Crippen molar-refractivity contribution < 1.29 is 0 Å². The van der Waals surface area contributed by atoms with Gasteiger partial charge in [0.25, 0.3) is 0 Å². The first-order chi connectivity index (χ1) is 8.29. The molecule has 0 N–H and O–H groups in total. The molecule has 0 aliphatic carbocycles. The summed E-state index contributed by atoms with van der Waals surface area (Å²) in [6, 6.07) is 0. The van der Waals surface area contributed by atoms with Crippen molar-refractivity contribution in [3.63, 3.8) is 0 Å². The Labute approximate surface area is 126 Å². The topological polar surface area (TPSA) is 0 Å². The van der Waals surface area contributed by atoms with Crippen molar-refractivity contribution in [1.29, 1.82) is 0 Å². The highest BCUT2D eigenvalue weighted by molar-refractivity contribution is 8.44. The first-order valence-electron chi connectivity index (χ1n) is 7.02. The maximum atomic E-state index is 2.46. The third-order valence-corrected chi connectivity index (χ3v) is 19.2. The molecule has 107 valence electrons. The van der Waals surface area contributed by atoms with Crippen LogP contribution >= 0.6 is 32.7 Å². The quantitative estimate of drug-likeness (QED) is 0.400. The van der Waals surface area contributed by atoms with E-state index in [0.717, 1.165) is 0 Å². The van der Waals surface area contributed by atoms with E-state index < -0.39 is 0 Å². The number of hydrogen-bond acceptors (Lipinski definition) is 0. The van der Waals surface area contributed by atoms with Gasteiger partial charge >= 0.3 is 0 Å². The Balaban J connectivity index is 2.37. The molecule has 0 nitrogen and oxygen atoms in total. The fourth-order valence-electron chi connectivity index (χ4n) is 2.26. The average Bonchev–Trinajstić information content (AvgIpc) is 2.36. The Morgan fingerprint density at radius 1 is 0.842 bits per heavy atom. The van der Waals surface area contributed by atoms with E-state index in [9.17, 15) is 0 Å². The molecule has 19 heavy (non-hydrogen) atoms. The van der Waals surface area contributed by atoms with Crippen LogP contribution in [0.3, 0.4) is 0 Å². The van der Waals surface area contributed by atoms with Crippen molar-refractivity contribution in [2.45, 2.75) is 67.0 Å². The van der Waals surface area contributed by atoms with Gasteiger partial charge in [-0.05, 0) is 45.7 Å². The van der Waals surface area contributed by atoms with Crippen LogP contribution in [-0.2, 0) is 0 Å². The lowest BCUT2D eigenvalue weighted by Crippen LogP contribution is -2.39. The van der Waals surface area contributed by atoms with Crippen molar-refractivity contribution >= 4 is 37.7 Å². The monoisotopic (exact) mass is 331 g/mol. The first kappa shape index (κ1) is 16.8. The summed E-state index contributed by atoms with van der Waals surface area (Å²) in [7, 11) is 5.06. The zero-order valence-corrected chi connectivity index (χ0v) is 17.4. The van der Waals surface area contributed by atoms with Crippen molar-refractivity contribution in [3.8, 4) is 0 Å². The van der Waals surface area contributed by atoms with Gasteiger partial charge in [0, 0.05) is 5.40 Å². The third-order valence-electron chi connectivity index (χ3n) is 3.56. The van der Waals surface area contributed by atoms with Crippen LogP contribution in [0, 0.1) is 21.6 Å². The summed E-state index contributed by atoms with van der Waals surface area (Å²) in [5, 5.41) is 3.63. The Morgan fingerprint density at radius 3 is 1.74 bits per heavy atom. The molecule has 0 amide bonds. The van der Waals surface area contributed by atoms with Crippen LogP contribution in [0.5, 0.6) is 0 Å². The van der Waals surface area contributed by atoms with Gasteiger partial charge in [0.2, 0.25) is 0 Å². The predicted molar refractivity (Wildman–Crippen MR) is 97.0 cm³/mol. The molecule has 0 bridgehead atoms. The summed E-state index contributed by atoms with van der Waals surface area (Å²) in [5.41, 5.74) is 1.20. The molecule has 1 fully saturated rings. The molecule has 4 heteroatoms. The zero-order chi connectivity index (χ0) is 14.9. The lowest BCUT2D eigenvalue weighted by molar-refractivity contribution is 0.429. The molecule has 0 saturated carbocycles. The summed E-state index contributed by atoms with van der Waals surface area (Å²) in [6.45, 7) is 21.8. The van der Waals surface area contributed by atoms with Gasteiger partial charge in [-0.15, -0.1) is 0 Å². The molecule has 1 saturated heterocycles. The van der Waals surface area contributed by atoms with Crippen molar-refractivity contribution in [3.05, 3.63) is 5.40 Å². The number of hydrogen-bond donors (Lipinski definition) is 0. The van der Waals surface area contributed by atoms with Crippen LogP contribution < -0.4 is 0 Å². The summed E-state index contributed by atoms with van der Waals surface area (Å²) in [6.07, 6.45) is 0. The Morgan fingerprint density at radius 2 is 1.37 bits per heavy atom. The van der Waals surface area contributed by atoms with Gasteiger partial charge in [-0.2, -0.15) is 0 Å². The normalized spacial score (nSPS) is 36.3. The van der Waals surface area contributed by atoms with Crippen molar-refractivity contribution in [2.24, 2.45) is 16.2 Å². The third kappa shape index (κ3) is 2.75. The number of fused-ring (bicyclic) bond motifs is 1. The van der Waals surface area contributed by atoms with Gasteiger partial charge in [-0.25, -0.2) is 0 Å². The summed E-state index contributed by atoms with van der Waals surface area (Å²) < 4.78 is 0.551. The Hall–Kier alpha value is 1.46. The average molecular weight is 331 g/mol. The molecule has 3 radical (unpaired) electrons. The van der Waals surface area contributed by atoms with Crippen molar-refractivity contribution in [1.82, 2.24) is 0 Å². The van der Waals surface area contributed by atoms with E-state index >= 15 is 0 Å². The van der Waals surface area contributed by atoms with Gasteiger partial charge in [0.15, 0.2) is 0 Å². The molecule has 2 aliphatic rings. The van der Waals surface area contributed by atoms with E-state index in [1.165, 1.54) is 0 Å². The molecule has 2 rings (SSSR count). The smallest absolute Gasteiger partial charge is 0.0699 e. The summed E-state index contributed by atoms with van der Waals surface area (Å²) in [5.74, 6) is 0. The Kier molecular flexibility index (Phi) is 4.18. The van der Waals surface area contributed by atoms with E-state index in [1.54, 1.807) is 30.5 Å². The SMILES string of the molecule is CC(C)(C)[C]1[P]P2C(C(C)(C)C)=PC2(C(C)(C)C)[P]1. The lowest BCUT2D eigenvalue weighted by Gasteiger charge is -2.53. The molecular weight excluding hydrogens is 304 g/mol. The zero-order valence-electron chi connectivity index (χ0n) is 13.8. The maximum Gasteiger partial charge on any atom is 0.0699 e. The second-order valence-electron chi connectivity index (χ2n) is 8.67. The maximum absolute atomic E-state index is 2.46. The molecule has 0 aromatic heterocycles. The highest BCUT2D eigenvalue weighted by Crippen LogP contribution is 2.99. The van der Waals surface area contributed by atoms with Crippen molar-refractivity contribution in [2.75, 3.05) is 0 Å². The van der Waals surface area contributed by atoms with Crippen LogP contribution in [0.1, 0.15) is 62.3 Å². The van der Waals surface area contributed by atoms with Crippen LogP contribution in [0.15, 0.2) is 0 Å². The highest BCUT2D eigenvalue weighted by Gasteiger charge is 2.64. The standard InChI is InChI=1S/C15H27P4/c1-12(2,3)10-16-15(14(7,8)9)17-11(13(4,5)6)19(15)18-10/h1-9H3. The fraction of sp³-hybridized carbons (Fsp3) is 0.867. The largest absolute Gasteiger partial charge is 0.0815 e. The van der Waals surface area contributed by atoms with Gasteiger partial charge in [-0.3, -0.25) is 0 Å². The van der Waals surface area contributed by atoms with E-state index in [4.69, 9.17) is 0 Å². The van der Waals surface area contributed by atoms with Crippen LogP contribution in [0.25, 0.3) is 0 Å². The van der Waals surface area contributed by atoms with Gasteiger partial charge in [0.1, 0.15) is 0 Å². The predicted octanol–water partition coefficient (Wildman–Crippen LogP) is 7.66. The molecule has 2 atom stereocenters. The molecule has 0 aromatic carbocycles. The Bertz CT molecular complexity index is 405. The fourth-order valence-corrected chi connectivity index (χ4v) is 19.0. The van der Waals surface area contributed by atoms with E-state index in [2.05, 4.69) is 62.3 Å². The molecule has 2 aliphatic heterocycles. The van der Waals surface area contributed by atoms with Crippen LogP contribution in [0.2, 0.25) is 0 Å². The molecule has 2 unspecified atom stereocenters. The molecule has 0 aromatic rings. The molecular formula is C15H27P4. The minimum absolute atomic E-state index is 0.0541.